The summed E-state index contributed by atoms with van der Waals surface area (Å²) in [5.41, 5.74) is 0. The van der Waals surface area contributed by atoms with Crippen molar-refractivity contribution in [2.24, 2.45) is 5.92 Å². The number of carbonyl (C=O) groups is 1. The number of thioether (sulfide) groups is 1. The van der Waals surface area contributed by atoms with E-state index in [0.29, 0.717) is 17.3 Å². The minimum absolute atomic E-state index is 0.00560. The molecule has 0 spiro atoms. The third kappa shape index (κ3) is 2.47. The molecule has 4 heteroatoms. The second-order valence-corrected chi connectivity index (χ2v) is 7.03. The van der Waals surface area contributed by atoms with Crippen molar-refractivity contribution in [2.45, 2.75) is 41.5 Å². The predicted molar refractivity (Wildman–Crippen MR) is 80.8 cm³/mol. The molecular weight excluding hydrogens is 270 g/mol. The van der Waals surface area contributed by atoms with Gasteiger partial charge in [0, 0.05) is 22.2 Å². The molecule has 0 amide bonds. The molecule has 1 aromatic carbocycles. The number of ether oxygens (including phenoxy) is 1. The maximum Gasteiger partial charge on any atom is 0.311 e. The Morgan fingerprint density at radius 3 is 2.75 bits per heavy atom. The summed E-state index contributed by atoms with van der Waals surface area (Å²) in [6.45, 7) is 0. The van der Waals surface area contributed by atoms with Crippen LogP contribution >= 0.6 is 11.8 Å². The van der Waals surface area contributed by atoms with Gasteiger partial charge in [0.1, 0.15) is 0 Å². The van der Waals surface area contributed by atoms with Crippen LogP contribution in [0.25, 0.3) is 0 Å². The number of nitrogens with zero attached hydrogens (tertiary/aromatic N) is 1. The number of rotatable bonds is 3. The van der Waals surface area contributed by atoms with Crippen LogP contribution in [0.5, 0.6) is 0 Å². The third-order valence-electron chi connectivity index (χ3n) is 4.72. The van der Waals surface area contributed by atoms with Crippen LogP contribution < -0.4 is 0 Å². The molecule has 0 N–H and O–H groups in total. The molecule has 1 aromatic rings. The zero-order valence-corrected chi connectivity index (χ0v) is 12.8. The van der Waals surface area contributed by atoms with Crippen LogP contribution in [0.15, 0.2) is 35.2 Å². The van der Waals surface area contributed by atoms with E-state index in [4.69, 9.17) is 4.74 Å². The van der Waals surface area contributed by atoms with E-state index in [-0.39, 0.29) is 11.9 Å². The van der Waals surface area contributed by atoms with Gasteiger partial charge in [0.25, 0.3) is 0 Å². The monoisotopic (exact) mass is 291 g/mol. The smallest absolute Gasteiger partial charge is 0.311 e. The van der Waals surface area contributed by atoms with Crippen molar-refractivity contribution < 1.29 is 9.53 Å². The molecule has 3 nitrogen and oxygen atoms in total. The van der Waals surface area contributed by atoms with E-state index in [1.165, 1.54) is 18.4 Å². The molecule has 2 heterocycles. The second kappa shape index (κ2) is 5.78. The highest BCUT2D eigenvalue weighted by atomic mass is 32.2. The highest BCUT2D eigenvalue weighted by Gasteiger charge is 2.49. The zero-order valence-electron chi connectivity index (χ0n) is 12.0. The topological polar surface area (TPSA) is 29.5 Å². The van der Waals surface area contributed by atoms with Crippen LogP contribution in [0.4, 0.5) is 0 Å². The largest absolute Gasteiger partial charge is 0.469 e. The molecule has 0 saturated carbocycles. The van der Waals surface area contributed by atoms with E-state index in [0.717, 1.165) is 12.8 Å². The van der Waals surface area contributed by atoms with Gasteiger partial charge in [-0.05, 0) is 38.4 Å². The fraction of sp³-hybridized carbons (Fsp3) is 0.562. The Kier molecular flexibility index (Phi) is 4.03. The maximum atomic E-state index is 12.2. The molecule has 2 saturated heterocycles. The number of hydrogen-bond acceptors (Lipinski definition) is 4. The van der Waals surface area contributed by atoms with E-state index in [2.05, 4.69) is 36.2 Å². The Labute approximate surface area is 124 Å². The molecule has 108 valence electrons. The van der Waals surface area contributed by atoms with Gasteiger partial charge in [-0.25, -0.2) is 0 Å². The highest BCUT2D eigenvalue weighted by molar-refractivity contribution is 8.00. The summed E-state index contributed by atoms with van der Waals surface area (Å²) < 4.78 is 5.08. The lowest BCUT2D eigenvalue weighted by atomic mass is 9.90. The van der Waals surface area contributed by atoms with Gasteiger partial charge < -0.3 is 4.74 Å². The van der Waals surface area contributed by atoms with Crippen molar-refractivity contribution in [3.63, 3.8) is 0 Å². The number of methoxy groups -OCH3 is 1. The standard InChI is InChI=1S/C16H21NO2S/c1-17-11-8-9-13(17)15(16(18)19-2)14(10-11)20-12-6-4-3-5-7-12/h3-7,11,13-15H,8-10H2,1-2H3/t11?,13-,14?,15?/m1/s1. The summed E-state index contributed by atoms with van der Waals surface area (Å²) in [4.78, 5) is 15.9. The van der Waals surface area contributed by atoms with Gasteiger partial charge in [0.15, 0.2) is 0 Å². The summed E-state index contributed by atoms with van der Waals surface area (Å²) in [6.07, 6.45) is 3.40. The first-order valence-electron chi connectivity index (χ1n) is 7.22. The highest BCUT2D eigenvalue weighted by Crippen LogP contribution is 2.45. The van der Waals surface area contributed by atoms with E-state index < -0.39 is 0 Å². The minimum Gasteiger partial charge on any atom is -0.469 e. The fourth-order valence-electron chi connectivity index (χ4n) is 3.66. The van der Waals surface area contributed by atoms with Crippen LogP contribution in [-0.4, -0.2) is 42.4 Å². The Bertz CT molecular complexity index is 479. The SMILES string of the molecule is COC(=O)C1C(Sc2ccccc2)CC2CC[C@H]1N2C. The van der Waals surface area contributed by atoms with E-state index in [1.807, 2.05) is 17.8 Å². The average molecular weight is 291 g/mol. The van der Waals surface area contributed by atoms with Crippen LogP contribution in [0.2, 0.25) is 0 Å². The van der Waals surface area contributed by atoms with Crippen LogP contribution in [0, 0.1) is 5.92 Å². The second-order valence-electron chi connectivity index (χ2n) is 5.72. The van der Waals surface area contributed by atoms with Crippen molar-refractivity contribution in [1.29, 1.82) is 0 Å². The lowest BCUT2D eigenvalue weighted by molar-refractivity contribution is -0.148. The van der Waals surface area contributed by atoms with Crippen molar-refractivity contribution in [3.05, 3.63) is 30.3 Å². The summed E-state index contributed by atoms with van der Waals surface area (Å²) in [6, 6.07) is 11.4. The van der Waals surface area contributed by atoms with Gasteiger partial charge in [0.05, 0.1) is 13.0 Å². The number of carbonyl (C=O) groups excluding carboxylic acids is 1. The predicted octanol–water partition coefficient (Wildman–Crippen LogP) is 2.80. The molecule has 3 rings (SSSR count). The molecule has 20 heavy (non-hydrogen) atoms. The number of piperidine rings is 1. The summed E-state index contributed by atoms with van der Waals surface area (Å²) in [5, 5.41) is 0.332. The third-order valence-corrected chi connectivity index (χ3v) is 6.05. The van der Waals surface area contributed by atoms with Gasteiger partial charge in [0.2, 0.25) is 0 Å². The Morgan fingerprint density at radius 1 is 1.30 bits per heavy atom. The van der Waals surface area contributed by atoms with Crippen LogP contribution in [0.1, 0.15) is 19.3 Å². The number of fused-ring (bicyclic) bond motifs is 2. The molecule has 0 aliphatic carbocycles. The maximum absolute atomic E-state index is 12.2. The quantitative estimate of drug-likeness (QED) is 0.801. The van der Waals surface area contributed by atoms with Crippen LogP contribution in [0.3, 0.4) is 0 Å². The normalized spacial score (nSPS) is 33.1. The van der Waals surface area contributed by atoms with Crippen molar-refractivity contribution in [2.75, 3.05) is 14.2 Å². The first kappa shape index (κ1) is 14.0. The zero-order chi connectivity index (χ0) is 14.1. The number of hydrogen-bond donors (Lipinski definition) is 0. The summed E-state index contributed by atoms with van der Waals surface area (Å²) in [7, 11) is 3.66. The van der Waals surface area contributed by atoms with Gasteiger partial charge in [-0.3, -0.25) is 9.69 Å². The van der Waals surface area contributed by atoms with Crippen molar-refractivity contribution in [3.8, 4) is 0 Å². The molecule has 0 aromatic heterocycles. The van der Waals surface area contributed by atoms with E-state index >= 15 is 0 Å². The molecule has 4 atom stereocenters. The lowest BCUT2D eigenvalue weighted by Gasteiger charge is -2.41. The average Bonchev–Trinajstić information content (AvgIpc) is 2.72. The van der Waals surface area contributed by atoms with Gasteiger partial charge in [-0.1, -0.05) is 18.2 Å². The molecule has 2 aliphatic rings. The van der Waals surface area contributed by atoms with E-state index in [9.17, 15) is 4.79 Å². The van der Waals surface area contributed by atoms with Crippen molar-refractivity contribution in [1.82, 2.24) is 4.90 Å². The first-order valence-corrected chi connectivity index (χ1v) is 8.10. The van der Waals surface area contributed by atoms with E-state index in [1.54, 1.807) is 0 Å². The van der Waals surface area contributed by atoms with Gasteiger partial charge in [-0.2, -0.15) is 0 Å². The Hall–Kier alpha value is -1.00. The van der Waals surface area contributed by atoms with Gasteiger partial charge in [-0.15, -0.1) is 11.8 Å². The Balaban J connectivity index is 1.82. The van der Waals surface area contributed by atoms with Gasteiger partial charge >= 0.3 is 5.97 Å². The fourth-order valence-corrected chi connectivity index (χ4v) is 5.08. The molecule has 3 unspecified atom stereocenters. The molecular formula is C16H21NO2S. The Morgan fingerprint density at radius 2 is 2.05 bits per heavy atom. The molecule has 2 fully saturated rings. The lowest BCUT2D eigenvalue weighted by Crippen LogP contribution is -2.51. The van der Waals surface area contributed by atoms with Crippen molar-refractivity contribution >= 4 is 17.7 Å². The molecule has 2 aliphatic heterocycles. The minimum atomic E-state index is -0.0457. The molecule has 2 bridgehead atoms. The number of esters is 1. The van der Waals surface area contributed by atoms with Crippen LogP contribution in [-0.2, 0) is 9.53 Å². The number of benzene rings is 1. The summed E-state index contributed by atoms with van der Waals surface area (Å²) in [5.74, 6) is -0.0513. The first-order chi connectivity index (χ1) is 9.70. The summed E-state index contributed by atoms with van der Waals surface area (Å²) >= 11 is 1.84. The molecule has 0 radical (unpaired) electrons.